The summed E-state index contributed by atoms with van der Waals surface area (Å²) in [6, 6.07) is 113. The molecule has 0 amide bonds. The summed E-state index contributed by atoms with van der Waals surface area (Å²) in [5.74, 6) is 0.466. The Morgan fingerprint density at radius 3 is 0.700 bits per heavy atom. The molecule has 0 N–H and O–H groups in total. The Morgan fingerprint density at radius 2 is 0.418 bits per heavy atom. The van der Waals surface area contributed by atoms with Crippen molar-refractivity contribution in [2.45, 2.75) is 12.4 Å². The molecule has 22 aromatic rings. The lowest BCUT2D eigenvalue weighted by molar-refractivity contribution is -0.143. The summed E-state index contributed by atoms with van der Waals surface area (Å²) in [6.07, 6.45) is -10.5. The minimum absolute atomic E-state index is 0.0515. The molecular formula is C97H57F6N7. The molecule has 522 valence electrons. The number of aromatic nitrogens is 7. The van der Waals surface area contributed by atoms with Crippen LogP contribution in [0.3, 0.4) is 0 Å². The van der Waals surface area contributed by atoms with Crippen LogP contribution in [0.2, 0.25) is 0 Å². The van der Waals surface area contributed by atoms with Crippen LogP contribution in [0.4, 0.5) is 26.3 Å². The van der Waals surface area contributed by atoms with E-state index in [1.54, 1.807) is 0 Å². The molecule has 22 rings (SSSR count). The summed E-state index contributed by atoms with van der Waals surface area (Å²) in [5, 5.41) is 10.9. The molecule has 0 aliphatic heterocycles. The van der Waals surface area contributed by atoms with E-state index in [-0.39, 0.29) is 40.2 Å². The van der Waals surface area contributed by atoms with Gasteiger partial charge in [-0.05, 0) is 167 Å². The summed E-state index contributed by atoms with van der Waals surface area (Å²) in [6.45, 7) is 0. The zero-order chi connectivity index (χ0) is 73.4. The van der Waals surface area contributed by atoms with E-state index >= 15 is 26.3 Å². The monoisotopic (exact) mass is 1430 g/mol. The third kappa shape index (κ3) is 9.37. The fourth-order valence-electron chi connectivity index (χ4n) is 17.8. The predicted octanol–water partition coefficient (Wildman–Crippen LogP) is 26.7. The Labute approximate surface area is 623 Å². The van der Waals surface area contributed by atoms with E-state index in [4.69, 9.17) is 4.98 Å². The van der Waals surface area contributed by atoms with Gasteiger partial charge in [-0.2, -0.15) is 26.3 Å². The van der Waals surface area contributed by atoms with Crippen molar-refractivity contribution < 1.29 is 26.3 Å². The first-order chi connectivity index (χ1) is 53.9. The molecule has 0 bridgehead atoms. The highest BCUT2D eigenvalue weighted by atomic mass is 19.4. The maximum Gasteiger partial charge on any atom is 0.416 e. The van der Waals surface area contributed by atoms with Gasteiger partial charge in [-0.25, -0.2) is 4.98 Å². The fourth-order valence-corrected chi connectivity index (χ4v) is 17.8. The molecule has 7 nitrogen and oxygen atoms in total. The molecular weight excluding hydrogens is 1380 g/mol. The summed E-state index contributed by atoms with van der Waals surface area (Å²) in [4.78, 5) is 6.30. The van der Waals surface area contributed by atoms with Crippen LogP contribution in [-0.4, -0.2) is 32.4 Å². The average molecular weight is 1430 g/mol. The maximum atomic E-state index is 16.3. The Morgan fingerprint density at radius 1 is 0.191 bits per heavy atom. The van der Waals surface area contributed by atoms with Crippen LogP contribution in [0.5, 0.6) is 0 Å². The van der Waals surface area contributed by atoms with Gasteiger partial charge in [0, 0.05) is 81.6 Å². The molecule has 0 unspecified atom stereocenters. The van der Waals surface area contributed by atoms with Crippen LogP contribution < -0.4 is 0 Å². The SMILES string of the molecule is FC(F)(F)c1cc(-c2c(-n3c4ccccc4c4ccccc43)c(-n3c4ccccc4c4cc(-c5ccc6c(c5)c5ccccc5n6-c5ccccc5)ccc43)nc(-n3c4ccccc4c4cc(-c5ccc6c(c5)c5ccccc5n6-c5ccccc5)ccc43)c2-n2c3ccccc3c3ccccc32)cc(C(F)(F)F)c1. The Balaban J connectivity index is 0.903. The molecule has 0 atom stereocenters. The molecule has 7 heterocycles. The van der Waals surface area contributed by atoms with Crippen molar-refractivity contribution >= 4 is 131 Å². The lowest BCUT2D eigenvalue weighted by Gasteiger charge is -2.27. The number of alkyl halides is 6. The van der Waals surface area contributed by atoms with Gasteiger partial charge in [0.1, 0.15) is 11.4 Å². The minimum atomic E-state index is -5.25. The number of nitrogens with zero attached hydrogens (tertiary/aromatic N) is 7. The van der Waals surface area contributed by atoms with Gasteiger partial charge in [0.05, 0.1) is 77.3 Å². The second-order valence-electron chi connectivity index (χ2n) is 28.4. The number of hydrogen-bond acceptors (Lipinski definition) is 1. The predicted molar refractivity (Wildman–Crippen MR) is 437 cm³/mol. The number of para-hydroxylation sites is 10. The molecule has 110 heavy (non-hydrogen) atoms. The molecule has 0 aliphatic carbocycles. The lowest BCUT2D eigenvalue weighted by Crippen LogP contribution is -2.17. The summed E-state index contributed by atoms with van der Waals surface area (Å²) < 4.78 is 110. The third-order valence-corrected chi connectivity index (χ3v) is 22.4. The van der Waals surface area contributed by atoms with Gasteiger partial charge >= 0.3 is 12.4 Å². The van der Waals surface area contributed by atoms with E-state index in [2.05, 4.69) is 176 Å². The van der Waals surface area contributed by atoms with Crippen LogP contribution in [0.1, 0.15) is 11.1 Å². The highest BCUT2D eigenvalue weighted by Crippen LogP contribution is 2.52. The molecule has 13 heteroatoms. The van der Waals surface area contributed by atoms with E-state index in [9.17, 15) is 0 Å². The van der Waals surface area contributed by atoms with Crippen molar-refractivity contribution in [3.05, 3.63) is 357 Å². The smallest absolute Gasteiger partial charge is 0.309 e. The molecule has 0 aliphatic rings. The van der Waals surface area contributed by atoms with Crippen molar-refractivity contribution in [3.63, 3.8) is 0 Å². The van der Waals surface area contributed by atoms with Gasteiger partial charge in [0.15, 0.2) is 11.6 Å². The van der Waals surface area contributed by atoms with Gasteiger partial charge in [-0.1, -0.05) is 206 Å². The first-order valence-electron chi connectivity index (χ1n) is 36.5. The number of pyridine rings is 1. The average Bonchev–Trinajstić information content (AvgIpc) is 1.49. The molecule has 0 saturated heterocycles. The van der Waals surface area contributed by atoms with E-state index in [1.807, 2.05) is 179 Å². The van der Waals surface area contributed by atoms with Crippen molar-refractivity contribution in [1.82, 2.24) is 32.4 Å². The van der Waals surface area contributed by atoms with Crippen LogP contribution in [0.25, 0.3) is 199 Å². The highest BCUT2D eigenvalue weighted by molar-refractivity contribution is 6.18. The van der Waals surface area contributed by atoms with E-state index < -0.39 is 23.5 Å². The van der Waals surface area contributed by atoms with E-state index in [0.717, 1.165) is 132 Å². The molecule has 15 aromatic carbocycles. The van der Waals surface area contributed by atoms with Crippen molar-refractivity contribution in [1.29, 1.82) is 0 Å². The van der Waals surface area contributed by atoms with Crippen LogP contribution in [-0.2, 0) is 12.4 Å². The first kappa shape index (κ1) is 63.1. The number of benzene rings is 15. The molecule has 0 radical (unpaired) electrons. The highest BCUT2D eigenvalue weighted by Gasteiger charge is 2.40. The number of fused-ring (bicyclic) bond motifs is 18. The largest absolute Gasteiger partial charge is 0.416 e. The van der Waals surface area contributed by atoms with Gasteiger partial charge in [-0.3, -0.25) is 9.13 Å². The Bertz CT molecular complexity index is 7080. The van der Waals surface area contributed by atoms with Crippen LogP contribution >= 0.6 is 0 Å². The standard InChI is InChI=1S/C97H57F6N7/c98-96(99,100)63-51-62(52-64(57-63)97(101,102)103)91-92(107-81-37-17-7-27-67(81)68-28-8-18-38-82(68)107)94(109-85-41-21-13-33-73(85)77-55-60(45-49-89(77)109)58-43-47-87-75(53-58)71-31-11-15-35-79(71)105(87)65-23-3-1-4-24-65)104-95(93(91)108-83-39-19-9-29-69(83)70-30-10-20-40-84(70)108)110-86-42-22-14-34-74(86)78-56-61(46-50-90(78)110)59-44-48-88-76(54-59)72-32-12-16-36-80(72)106(88)66-25-5-2-6-26-66/h1-57H. The normalized spacial score (nSPS) is 12.5. The topological polar surface area (TPSA) is 42.5 Å². The summed E-state index contributed by atoms with van der Waals surface area (Å²) >= 11 is 0. The quantitative estimate of drug-likeness (QED) is 0.133. The molecule has 0 fully saturated rings. The zero-order valence-electron chi connectivity index (χ0n) is 58.3. The number of halogens is 6. The fraction of sp³-hybridized carbons (Fsp3) is 0.0206. The van der Waals surface area contributed by atoms with E-state index in [0.29, 0.717) is 44.1 Å². The Hall–Kier alpha value is -14.2. The number of hydrogen-bond donors (Lipinski definition) is 0. The second-order valence-corrected chi connectivity index (χ2v) is 28.4. The lowest BCUT2D eigenvalue weighted by atomic mass is 9.95. The minimum Gasteiger partial charge on any atom is -0.309 e. The van der Waals surface area contributed by atoms with Crippen molar-refractivity contribution in [2.75, 3.05) is 0 Å². The maximum absolute atomic E-state index is 16.3. The first-order valence-corrected chi connectivity index (χ1v) is 36.5. The van der Waals surface area contributed by atoms with Gasteiger partial charge in [-0.15, -0.1) is 0 Å². The van der Waals surface area contributed by atoms with Gasteiger partial charge in [0.25, 0.3) is 0 Å². The van der Waals surface area contributed by atoms with Crippen molar-refractivity contribution in [3.8, 4) is 67.8 Å². The third-order valence-electron chi connectivity index (χ3n) is 22.4. The van der Waals surface area contributed by atoms with Crippen LogP contribution in [0.15, 0.2) is 346 Å². The summed E-state index contributed by atoms with van der Waals surface area (Å²) in [5.41, 5.74) is 12.6. The van der Waals surface area contributed by atoms with Crippen molar-refractivity contribution in [2.24, 2.45) is 0 Å². The van der Waals surface area contributed by atoms with Gasteiger partial charge < -0.3 is 18.3 Å². The summed E-state index contributed by atoms with van der Waals surface area (Å²) in [7, 11) is 0. The number of rotatable bonds is 9. The van der Waals surface area contributed by atoms with E-state index in [1.165, 1.54) is 0 Å². The second kappa shape index (κ2) is 23.7. The molecule has 7 aromatic heterocycles. The molecule has 0 saturated carbocycles. The Kier molecular flexibility index (Phi) is 13.6. The van der Waals surface area contributed by atoms with Gasteiger partial charge in [0.2, 0.25) is 0 Å². The van der Waals surface area contributed by atoms with Crippen LogP contribution in [0, 0.1) is 0 Å². The zero-order valence-corrected chi connectivity index (χ0v) is 58.3. The molecule has 0 spiro atoms.